The van der Waals surface area contributed by atoms with E-state index in [9.17, 15) is 8.42 Å². The second kappa shape index (κ2) is 6.32. The lowest BCUT2D eigenvalue weighted by atomic mass is 9.92. The molecule has 1 atom stereocenters. The zero-order valence-corrected chi connectivity index (χ0v) is 14.4. The van der Waals surface area contributed by atoms with Gasteiger partial charge >= 0.3 is 0 Å². The van der Waals surface area contributed by atoms with E-state index in [0.29, 0.717) is 23.5 Å². The Labute approximate surface area is 133 Å². The molecule has 7 heteroatoms. The molecule has 1 heterocycles. The van der Waals surface area contributed by atoms with Gasteiger partial charge in [0.25, 0.3) is 0 Å². The molecule has 4 nitrogen and oxygen atoms in total. The highest BCUT2D eigenvalue weighted by Crippen LogP contribution is 2.30. The van der Waals surface area contributed by atoms with Crippen LogP contribution in [0.5, 0.6) is 0 Å². The van der Waals surface area contributed by atoms with Crippen LogP contribution in [-0.2, 0) is 10.0 Å². The smallest absolute Gasteiger partial charge is 0.244 e. The first-order valence-electron chi connectivity index (χ1n) is 6.53. The van der Waals surface area contributed by atoms with Crippen LogP contribution in [0.3, 0.4) is 0 Å². The van der Waals surface area contributed by atoms with Crippen LogP contribution < -0.4 is 5.73 Å². The van der Waals surface area contributed by atoms with Gasteiger partial charge < -0.3 is 5.73 Å². The summed E-state index contributed by atoms with van der Waals surface area (Å²) in [7, 11) is -3.53. The van der Waals surface area contributed by atoms with Crippen molar-refractivity contribution in [2.45, 2.75) is 30.7 Å². The maximum absolute atomic E-state index is 12.6. The molecule has 0 spiro atoms. The number of hydrogen-bond acceptors (Lipinski definition) is 3. The molecule has 0 amide bonds. The maximum Gasteiger partial charge on any atom is 0.244 e. The Bertz CT molecular complexity index is 584. The molecule has 1 aromatic carbocycles. The minimum atomic E-state index is -3.53. The van der Waals surface area contributed by atoms with Crippen molar-refractivity contribution in [2.24, 2.45) is 11.7 Å². The summed E-state index contributed by atoms with van der Waals surface area (Å²) >= 11 is 9.32. The summed E-state index contributed by atoms with van der Waals surface area (Å²) in [4.78, 5) is 0.160. The zero-order valence-electron chi connectivity index (χ0n) is 11.2. The Morgan fingerprint density at radius 2 is 2.00 bits per heavy atom. The molecule has 1 fully saturated rings. The molecule has 112 valence electrons. The molecule has 1 unspecified atom stereocenters. The molecule has 1 aromatic rings. The Morgan fingerprint density at radius 3 is 2.55 bits per heavy atom. The molecule has 0 aromatic heterocycles. The summed E-state index contributed by atoms with van der Waals surface area (Å²) < 4.78 is 27.5. The molecular formula is C13H18BrClN2O2S. The van der Waals surface area contributed by atoms with E-state index in [1.807, 2.05) is 6.92 Å². The topological polar surface area (TPSA) is 63.4 Å². The Kier molecular flexibility index (Phi) is 5.13. The summed E-state index contributed by atoms with van der Waals surface area (Å²) in [5, 5.41) is 0.252. The van der Waals surface area contributed by atoms with Gasteiger partial charge in [-0.1, -0.05) is 27.5 Å². The van der Waals surface area contributed by atoms with Crippen LogP contribution in [0.2, 0.25) is 5.02 Å². The van der Waals surface area contributed by atoms with Crippen LogP contribution in [-0.4, -0.2) is 31.9 Å². The Balaban J connectivity index is 2.22. The van der Waals surface area contributed by atoms with Gasteiger partial charge in [-0.25, -0.2) is 8.42 Å². The van der Waals surface area contributed by atoms with Crippen LogP contribution in [0.25, 0.3) is 0 Å². The van der Waals surface area contributed by atoms with Crippen LogP contribution >= 0.6 is 27.5 Å². The van der Waals surface area contributed by atoms with E-state index in [1.165, 1.54) is 4.31 Å². The van der Waals surface area contributed by atoms with Crippen molar-refractivity contribution >= 4 is 37.6 Å². The van der Waals surface area contributed by atoms with Gasteiger partial charge in [-0.3, -0.25) is 0 Å². The highest BCUT2D eigenvalue weighted by atomic mass is 79.9. The summed E-state index contributed by atoms with van der Waals surface area (Å²) in [5.74, 6) is 0.388. The third kappa shape index (κ3) is 3.36. The Hall–Kier alpha value is -0.140. The molecule has 1 aliphatic heterocycles. The predicted octanol–water partition coefficient (Wildman–Crippen LogP) is 2.85. The quantitative estimate of drug-likeness (QED) is 0.875. The van der Waals surface area contributed by atoms with E-state index in [4.69, 9.17) is 17.3 Å². The van der Waals surface area contributed by atoms with Crippen molar-refractivity contribution in [3.63, 3.8) is 0 Å². The Morgan fingerprint density at radius 1 is 1.40 bits per heavy atom. The summed E-state index contributed by atoms with van der Waals surface area (Å²) in [6, 6.07) is 4.97. The fourth-order valence-electron chi connectivity index (χ4n) is 2.46. The van der Waals surface area contributed by atoms with Crippen molar-refractivity contribution in [3.05, 3.63) is 27.7 Å². The lowest BCUT2D eigenvalue weighted by molar-refractivity contribution is 0.250. The third-order valence-corrected chi connectivity index (χ3v) is 6.63. The van der Waals surface area contributed by atoms with Gasteiger partial charge in [0.15, 0.2) is 0 Å². The van der Waals surface area contributed by atoms with Crippen molar-refractivity contribution in [3.8, 4) is 0 Å². The first-order chi connectivity index (χ1) is 9.32. The van der Waals surface area contributed by atoms with Gasteiger partial charge in [0.05, 0.1) is 5.02 Å². The summed E-state index contributed by atoms with van der Waals surface area (Å²) in [6.07, 6.45) is 1.59. The number of sulfonamides is 1. The zero-order chi connectivity index (χ0) is 14.9. The minimum Gasteiger partial charge on any atom is -0.328 e. The van der Waals surface area contributed by atoms with Gasteiger partial charge in [0.1, 0.15) is 4.90 Å². The number of halogens is 2. The molecular weight excluding hydrogens is 364 g/mol. The molecule has 1 saturated heterocycles. The first-order valence-corrected chi connectivity index (χ1v) is 9.14. The lowest BCUT2D eigenvalue weighted by Crippen LogP contribution is -2.42. The van der Waals surface area contributed by atoms with Crippen LogP contribution in [0, 0.1) is 5.92 Å². The predicted molar refractivity (Wildman–Crippen MR) is 84.3 cm³/mol. The fraction of sp³-hybridized carbons (Fsp3) is 0.538. The normalized spacial score (nSPS) is 20.0. The van der Waals surface area contributed by atoms with E-state index in [2.05, 4.69) is 15.9 Å². The second-order valence-electron chi connectivity index (χ2n) is 5.18. The van der Waals surface area contributed by atoms with Gasteiger partial charge in [-0.05, 0) is 43.9 Å². The molecule has 20 heavy (non-hydrogen) atoms. The summed E-state index contributed by atoms with van der Waals surface area (Å²) in [5.41, 5.74) is 5.88. The van der Waals surface area contributed by atoms with Gasteiger partial charge in [0.2, 0.25) is 10.0 Å². The molecule has 0 bridgehead atoms. The number of benzene rings is 1. The molecule has 0 aliphatic carbocycles. The standard InChI is InChI=1S/C13H18BrClN2O2S/c1-9(16)10-4-6-17(7-5-10)20(18,19)13-8-11(14)2-3-12(13)15/h2-3,8-10H,4-7,16H2,1H3. The van der Waals surface area contributed by atoms with E-state index in [-0.39, 0.29) is 16.0 Å². The van der Waals surface area contributed by atoms with E-state index in [1.54, 1.807) is 18.2 Å². The minimum absolute atomic E-state index is 0.106. The maximum atomic E-state index is 12.6. The van der Waals surface area contributed by atoms with Crippen LogP contribution in [0.1, 0.15) is 19.8 Å². The summed E-state index contributed by atoms with van der Waals surface area (Å²) in [6.45, 7) is 2.97. The molecule has 0 saturated carbocycles. The second-order valence-corrected chi connectivity index (χ2v) is 8.40. The average Bonchev–Trinajstić information content (AvgIpc) is 2.41. The molecule has 2 N–H and O–H groups in total. The first kappa shape index (κ1) is 16.2. The van der Waals surface area contributed by atoms with E-state index < -0.39 is 10.0 Å². The van der Waals surface area contributed by atoms with Crippen molar-refractivity contribution in [1.29, 1.82) is 0 Å². The molecule has 1 aliphatic rings. The molecule has 2 rings (SSSR count). The fourth-order valence-corrected chi connectivity index (χ4v) is 4.94. The SMILES string of the molecule is CC(N)C1CCN(S(=O)(=O)c2cc(Br)ccc2Cl)CC1. The van der Waals surface area contributed by atoms with Gasteiger partial charge in [0, 0.05) is 23.6 Å². The molecule has 0 radical (unpaired) electrons. The highest BCUT2D eigenvalue weighted by Gasteiger charge is 2.31. The number of rotatable bonds is 3. The number of nitrogens with zero attached hydrogens (tertiary/aromatic N) is 1. The van der Waals surface area contributed by atoms with Gasteiger partial charge in [-0.15, -0.1) is 0 Å². The van der Waals surface area contributed by atoms with Gasteiger partial charge in [-0.2, -0.15) is 4.31 Å². The van der Waals surface area contributed by atoms with Crippen LogP contribution in [0.4, 0.5) is 0 Å². The third-order valence-electron chi connectivity index (χ3n) is 3.75. The average molecular weight is 382 g/mol. The number of nitrogens with two attached hydrogens (primary N) is 1. The van der Waals surface area contributed by atoms with Crippen LogP contribution in [0.15, 0.2) is 27.6 Å². The van der Waals surface area contributed by atoms with Crippen molar-refractivity contribution in [1.82, 2.24) is 4.31 Å². The van der Waals surface area contributed by atoms with E-state index >= 15 is 0 Å². The number of hydrogen-bond donors (Lipinski definition) is 1. The lowest BCUT2D eigenvalue weighted by Gasteiger charge is -2.33. The van der Waals surface area contributed by atoms with Crippen molar-refractivity contribution < 1.29 is 8.42 Å². The van der Waals surface area contributed by atoms with E-state index in [0.717, 1.165) is 12.8 Å². The largest absolute Gasteiger partial charge is 0.328 e. The highest BCUT2D eigenvalue weighted by molar-refractivity contribution is 9.10. The monoisotopic (exact) mass is 380 g/mol. The number of piperidine rings is 1. The van der Waals surface area contributed by atoms with Crippen molar-refractivity contribution in [2.75, 3.05) is 13.1 Å².